The molecule has 2 aliphatic heterocycles. The molecule has 0 aromatic heterocycles. The lowest BCUT2D eigenvalue weighted by molar-refractivity contribution is -0.169. The van der Waals surface area contributed by atoms with Crippen molar-refractivity contribution in [2.24, 2.45) is 0 Å². The normalized spacial score (nSPS) is 38.3. The van der Waals surface area contributed by atoms with Gasteiger partial charge in [0.25, 0.3) is 5.91 Å². The SMILES string of the molecule is O=C1N(C2CC2)CCOC12CCNC2. The molecule has 1 amide bonds. The Hall–Kier alpha value is -0.610. The van der Waals surface area contributed by atoms with Crippen molar-refractivity contribution in [1.82, 2.24) is 10.2 Å². The molecule has 2 heterocycles. The second-order valence-electron chi connectivity index (χ2n) is 4.50. The minimum Gasteiger partial charge on any atom is -0.362 e. The van der Waals surface area contributed by atoms with Gasteiger partial charge in [-0.15, -0.1) is 0 Å². The molecule has 78 valence electrons. The van der Waals surface area contributed by atoms with Gasteiger partial charge in [0.05, 0.1) is 6.61 Å². The standard InChI is InChI=1S/C10H16N2O2/c13-9-10(3-4-11-7-10)14-6-5-12(9)8-1-2-8/h8,11H,1-7H2. The number of nitrogens with one attached hydrogen (secondary N) is 1. The Morgan fingerprint density at radius 1 is 1.50 bits per heavy atom. The monoisotopic (exact) mass is 196 g/mol. The predicted octanol–water partition coefficient (Wildman–Crippen LogP) is -0.260. The number of nitrogens with zero attached hydrogens (tertiary/aromatic N) is 1. The number of morpholine rings is 1. The first kappa shape index (κ1) is 8.68. The van der Waals surface area contributed by atoms with Crippen LogP contribution >= 0.6 is 0 Å². The Morgan fingerprint density at radius 2 is 2.36 bits per heavy atom. The van der Waals surface area contributed by atoms with Gasteiger partial charge in [-0.2, -0.15) is 0 Å². The molecule has 3 rings (SSSR count). The lowest BCUT2D eigenvalue weighted by atomic mass is 9.99. The summed E-state index contributed by atoms with van der Waals surface area (Å²) in [5.41, 5.74) is -0.499. The number of hydrogen-bond acceptors (Lipinski definition) is 3. The van der Waals surface area contributed by atoms with Crippen molar-refractivity contribution < 1.29 is 9.53 Å². The predicted molar refractivity (Wildman–Crippen MR) is 50.9 cm³/mol. The van der Waals surface area contributed by atoms with Crippen molar-refractivity contribution in [2.75, 3.05) is 26.2 Å². The van der Waals surface area contributed by atoms with Gasteiger partial charge >= 0.3 is 0 Å². The molecule has 4 nitrogen and oxygen atoms in total. The third-order valence-corrected chi connectivity index (χ3v) is 3.46. The average molecular weight is 196 g/mol. The van der Waals surface area contributed by atoms with Gasteiger partial charge in [0.15, 0.2) is 5.60 Å². The summed E-state index contributed by atoms with van der Waals surface area (Å²) in [6.07, 6.45) is 3.22. The van der Waals surface area contributed by atoms with E-state index in [0.717, 1.165) is 19.5 Å². The smallest absolute Gasteiger partial charge is 0.256 e. The van der Waals surface area contributed by atoms with E-state index in [1.54, 1.807) is 0 Å². The van der Waals surface area contributed by atoms with Gasteiger partial charge < -0.3 is 15.0 Å². The highest BCUT2D eigenvalue weighted by atomic mass is 16.5. The van der Waals surface area contributed by atoms with E-state index in [1.807, 2.05) is 4.90 Å². The van der Waals surface area contributed by atoms with Crippen LogP contribution in [0.15, 0.2) is 0 Å². The summed E-state index contributed by atoms with van der Waals surface area (Å²) in [6, 6.07) is 0.531. The number of ether oxygens (including phenoxy) is 1. The Labute approximate surface area is 83.6 Å². The second kappa shape index (κ2) is 2.94. The maximum atomic E-state index is 12.2. The van der Waals surface area contributed by atoms with Gasteiger partial charge in [-0.3, -0.25) is 4.79 Å². The van der Waals surface area contributed by atoms with E-state index in [0.29, 0.717) is 19.2 Å². The van der Waals surface area contributed by atoms with Crippen molar-refractivity contribution in [1.29, 1.82) is 0 Å². The third kappa shape index (κ3) is 1.17. The fourth-order valence-corrected chi connectivity index (χ4v) is 2.47. The van der Waals surface area contributed by atoms with E-state index in [1.165, 1.54) is 12.8 Å². The minimum atomic E-state index is -0.499. The van der Waals surface area contributed by atoms with E-state index in [2.05, 4.69) is 5.32 Å². The zero-order valence-corrected chi connectivity index (χ0v) is 8.29. The van der Waals surface area contributed by atoms with Gasteiger partial charge in [0.1, 0.15) is 0 Å². The molecular formula is C10H16N2O2. The molecule has 4 heteroatoms. The molecule has 1 saturated carbocycles. The molecule has 3 fully saturated rings. The van der Waals surface area contributed by atoms with Crippen molar-refractivity contribution in [3.8, 4) is 0 Å². The van der Waals surface area contributed by atoms with Crippen LogP contribution in [-0.2, 0) is 9.53 Å². The number of carbonyl (C=O) groups excluding carboxylic acids is 1. The summed E-state index contributed by atoms with van der Waals surface area (Å²) in [7, 11) is 0. The topological polar surface area (TPSA) is 41.6 Å². The highest BCUT2D eigenvalue weighted by Gasteiger charge is 2.50. The molecule has 1 aliphatic carbocycles. The van der Waals surface area contributed by atoms with Gasteiger partial charge in [-0.05, 0) is 25.8 Å². The number of amides is 1. The van der Waals surface area contributed by atoms with E-state index >= 15 is 0 Å². The van der Waals surface area contributed by atoms with E-state index in [4.69, 9.17) is 4.74 Å². The number of carbonyl (C=O) groups is 1. The molecule has 0 bridgehead atoms. The maximum absolute atomic E-state index is 12.2. The van der Waals surface area contributed by atoms with E-state index in [9.17, 15) is 4.79 Å². The first-order valence-corrected chi connectivity index (χ1v) is 5.48. The summed E-state index contributed by atoms with van der Waals surface area (Å²) < 4.78 is 5.69. The number of hydrogen-bond donors (Lipinski definition) is 1. The van der Waals surface area contributed by atoms with Crippen LogP contribution in [0, 0.1) is 0 Å². The fourth-order valence-electron chi connectivity index (χ4n) is 2.47. The van der Waals surface area contributed by atoms with Crippen LogP contribution < -0.4 is 5.32 Å². The van der Waals surface area contributed by atoms with Gasteiger partial charge in [-0.1, -0.05) is 0 Å². The molecule has 14 heavy (non-hydrogen) atoms. The minimum absolute atomic E-state index is 0.233. The Morgan fingerprint density at radius 3 is 3.00 bits per heavy atom. The van der Waals surface area contributed by atoms with Crippen LogP contribution in [0.1, 0.15) is 19.3 Å². The highest BCUT2D eigenvalue weighted by Crippen LogP contribution is 2.34. The molecule has 1 atom stereocenters. The van der Waals surface area contributed by atoms with Gasteiger partial charge in [0.2, 0.25) is 0 Å². The zero-order valence-electron chi connectivity index (χ0n) is 8.29. The molecule has 1 spiro atoms. The van der Waals surface area contributed by atoms with Crippen LogP contribution in [0.4, 0.5) is 0 Å². The lowest BCUT2D eigenvalue weighted by Gasteiger charge is -2.39. The van der Waals surface area contributed by atoms with Crippen molar-refractivity contribution in [2.45, 2.75) is 30.9 Å². The van der Waals surface area contributed by atoms with Crippen LogP contribution in [0.2, 0.25) is 0 Å². The quantitative estimate of drug-likeness (QED) is 0.628. The molecule has 1 N–H and O–H groups in total. The summed E-state index contributed by atoms with van der Waals surface area (Å²) >= 11 is 0. The molecule has 0 aromatic rings. The first-order valence-electron chi connectivity index (χ1n) is 5.48. The molecule has 0 radical (unpaired) electrons. The van der Waals surface area contributed by atoms with Crippen molar-refractivity contribution in [3.63, 3.8) is 0 Å². The van der Waals surface area contributed by atoms with Crippen LogP contribution in [-0.4, -0.2) is 48.7 Å². The van der Waals surface area contributed by atoms with Crippen LogP contribution in [0.3, 0.4) is 0 Å². The fraction of sp³-hybridized carbons (Fsp3) is 0.900. The summed E-state index contributed by atoms with van der Waals surface area (Å²) in [5.74, 6) is 0.233. The average Bonchev–Trinajstić information content (AvgIpc) is 2.92. The summed E-state index contributed by atoms with van der Waals surface area (Å²) in [4.78, 5) is 14.2. The van der Waals surface area contributed by atoms with E-state index < -0.39 is 5.60 Å². The van der Waals surface area contributed by atoms with Gasteiger partial charge in [-0.25, -0.2) is 0 Å². The Kier molecular flexibility index (Phi) is 1.82. The molecule has 3 aliphatic rings. The molecule has 1 unspecified atom stereocenters. The Bertz CT molecular complexity index is 257. The largest absolute Gasteiger partial charge is 0.362 e. The lowest BCUT2D eigenvalue weighted by Crippen LogP contribution is -2.58. The van der Waals surface area contributed by atoms with Crippen molar-refractivity contribution >= 4 is 5.91 Å². The highest BCUT2D eigenvalue weighted by molar-refractivity contribution is 5.87. The van der Waals surface area contributed by atoms with E-state index in [-0.39, 0.29) is 5.91 Å². The zero-order chi connectivity index (χ0) is 9.60. The Balaban J connectivity index is 1.81. The number of rotatable bonds is 1. The van der Waals surface area contributed by atoms with Gasteiger partial charge in [0, 0.05) is 19.1 Å². The third-order valence-electron chi connectivity index (χ3n) is 3.46. The van der Waals surface area contributed by atoms with Crippen LogP contribution in [0.5, 0.6) is 0 Å². The first-order chi connectivity index (χ1) is 6.82. The van der Waals surface area contributed by atoms with Crippen LogP contribution in [0.25, 0.3) is 0 Å². The summed E-state index contributed by atoms with van der Waals surface area (Å²) in [6.45, 7) is 3.12. The second-order valence-corrected chi connectivity index (χ2v) is 4.50. The molecular weight excluding hydrogens is 180 g/mol. The summed E-state index contributed by atoms with van der Waals surface area (Å²) in [5, 5.41) is 3.22. The molecule has 2 saturated heterocycles. The maximum Gasteiger partial charge on any atom is 0.256 e. The molecule has 0 aromatic carbocycles. The van der Waals surface area contributed by atoms with Crippen molar-refractivity contribution in [3.05, 3.63) is 0 Å².